The Balaban J connectivity index is 1.91. The van der Waals surface area contributed by atoms with Crippen molar-refractivity contribution in [2.45, 2.75) is 26.4 Å². The summed E-state index contributed by atoms with van der Waals surface area (Å²) in [4.78, 5) is 23.8. The normalized spacial score (nSPS) is 10.4. The summed E-state index contributed by atoms with van der Waals surface area (Å²) in [6.07, 6.45) is 0. The van der Waals surface area contributed by atoms with E-state index in [1.54, 1.807) is 12.1 Å². The van der Waals surface area contributed by atoms with E-state index in [0.717, 1.165) is 5.56 Å². The fourth-order valence-corrected chi connectivity index (χ4v) is 2.62. The summed E-state index contributed by atoms with van der Waals surface area (Å²) in [5, 5.41) is 8.23. The summed E-state index contributed by atoms with van der Waals surface area (Å²) >= 11 is 3.18. The van der Waals surface area contributed by atoms with Crippen molar-refractivity contribution >= 4 is 33.6 Å². The summed E-state index contributed by atoms with van der Waals surface area (Å²) in [5.74, 6) is -0.710. The number of amides is 3. The molecule has 0 aliphatic carbocycles. The maximum absolute atomic E-state index is 13.1. The Hall–Kier alpha value is -2.41. The summed E-state index contributed by atoms with van der Waals surface area (Å²) in [5.41, 5.74) is 1.90. The summed E-state index contributed by atoms with van der Waals surface area (Å²) in [6, 6.07) is 10.8. The van der Waals surface area contributed by atoms with E-state index >= 15 is 0 Å². The Morgan fingerprint density at radius 1 is 1.12 bits per heavy atom. The molecule has 0 unspecified atom stereocenters. The topological polar surface area (TPSA) is 70.2 Å². The lowest BCUT2D eigenvalue weighted by atomic mass is 10.2. The zero-order valence-electron chi connectivity index (χ0n) is 13.9. The molecule has 0 aliphatic heterocycles. The molecule has 0 aliphatic rings. The van der Waals surface area contributed by atoms with Gasteiger partial charge in [-0.1, -0.05) is 12.1 Å². The second kappa shape index (κ2) is 8.62. The van der Waals surface area contributed by atoms with Crippen LogP contribution in [0.25, 0.3) is 0 Å². The maximum atomic E-state index is 13.1. The van der Waals surface area contributed by atoms with Gasteiger partial charge in [0.05, 0.1) is 5.56 Å². The van der Waals surface area contributed by atoms with Gasteiger partial charge in [-0.05, 0) is 65.7 Å². The zero-order valence-corrected chi connectivity index (χ0v) is 15.5. The number of carbonyl (C=O) groups excluding carboxylic acids is 2. The number of anilines is 1. The van der Waals surface area contributed by atoms with Crippen LogP contribution in [-0.2, 0) is 6.54 Å². The number of nitrogens with one attached hydrogen (secondary N) is 3. The number of carbonyl (C=O) groups is 2. The molecule has 0 bridgehead atoms. The molecule has 0 saturated carbocycles. The van der Waals surface area contributed by atoms with Crippen LogP contribution in [0.3, 0.4) is 0 Å². The first kappa shape index (κ1) is 18.9. The van der Waals surface area contributed by atoms with Crippen LogP contribution in [0, 0.1) is 5.82 Å². The van der Waals surface area contributed by atoms with E-state index in [4.69, 9.17) is 0 Å². The lowest BCUT2D eigenvalue weighted by Gasteiger charge is -2.11. The van der Waals surface area contributed by atoms with Gasteiger partial charge in [0.2, 0.25) is 0 Å². The van der Waals surface area contributed by atoms with Crippen molar-refractivity contribution in [3.63, 3.8) is 0 Å². The Morgan fingerprint density at radius 2 is 1.80 bits per heavy atom. The molecule has 0 saturated heterocycles. The van der Waals surface area contributed by atoms with Crippen LogP contribution >= 0.6 is 15.9 Å². The fourth-order valence-electron chi connectivity index (χ4n) is 2.09. The van der Waals surface area contributed by atoms with Crippen molar-refractivity contribution in [2.24, 2.45) is 0 Å². The molecule has 0 atom stereocenters. The molecule has 3 amide bonds. The first-order valence-corrected chi connectivity index (χ1v) is 8.54. The Labute approximate surface area is 154 Å². The van der Waals surface area contributed by atoms with Crippen molar-refractivity contribution < 1.29 is 14.0 Å². The van der Waals surface area contributed by atoms with Gasteiger partial charge >= 0.3 is 6.03 Å². The minimum absolute atomic E-state index is 0.0558. The van der Waals surface area contributed by atoms with Crippen molar-refractivity contribution in [1.29, 1.82) is 0 Å². The van der Waals surface area contributed by atoms with Gasteiger partial charge in [-0.25, -0.2) is 9.18 Å². The van der Waals surface area contributed by atoms with Gasteiger partial charge in [0.25, 0.3) is 5.91 Å². The molecule has 5 nitrogen and oxygen atoms in total. The van der Waals surface area contributed by atoms with Crippen molar-refractivity contribution in [3.05, 3.63) is 63.9 Å². The van der Waals surface area contributed by atoms with E-state index in [2.05, 4.69) is 31.9 Å². The van der Waals surface area contributed by atoms with Crippen molar-refractivity contribution in [2.75, 3.05) is 5.32 Å². The van der Waals surface area contributed by atoms with Crippen LogP contribution in [0.15, 0.2) is 46.9 Å². The molecule has 2 aromatic rings. The molecule has 0 heterocycles. The number of hydrogen-bond acceptors (Lipinski definition) is 2. The van der Waals surface area contributed by atoms with Gasteiger partial charge < -0.3 is 16.0 Å². The SMILES string of the molecule is CC(C)NC(=O)Nc1ccc(CNC(=O)c2ccc(F)cc2Br)cc1. The summed E-state index contributed by atoms with van der Waals surface area (Å²) in [7, 11) is 0. The molecular weight excluding hydrogens is 389 g/mol. The predicted molar refractivity (Wildman–Crippen MR) is 99.0 cm³/mol. The molecular formula is C18H19BrFN3O2. The molecule has 7 heteroatoms. The third kappa shape index (κ3) is 5.86. The van der Waals surface area contributed by atoms with E-state index in [1.165, 1.54) is 18.2 Å². The lowest BCUT2D eigenvalue weighted by Crippen LogP contribution is -2.34. The van der Waals surface area contributed by atoms with Crippen LogP contribution in [0.4, 0.5) is 14.9 Å². The predicted octanol–water partition coefficient (Wildman–Crippen LogP) is 4.05. The van der Waals surface area contributed by atoms with Crippen molar-refractivity contribution in [3.8, 4) is 0 Å². The smallest absolute Gasteiger partial charge is 0.319 e. The fraction of sp³-hybridized carbons (Fsp3) is 0.222. The monoisotopic (exact) mass is 407 g/mol. The Morgan fingerprint density at radius 3 is 2.40 bits per heavy atom. The van der Waals surface area contributed by atoms with Crippen LogP contribution < -0.4 is 16.0 Å². The molecule has 0 aromatic heterocycles. The average molecular weight is 408 g/mol. The highest BCUT2D eigenvalue weighted by Crippen LogP contribution is 2.18. The van der Waals surface area contributed by atoms with E-state index < -0.39 is 5.82 Å². The van der Waals surface area contributed by atoms with Crippen LogP contribution in [0.2, 0.25) is 0 Å². The maximum Gasteiger partial charge on any atom is 0.319 e. The first-order chi connectivity index (χ1) is 11.8. The van der Waals surface area contributed by atoms with E-state index in [-0.39, 0.29) is 18.0 Å². The average Bonchev–Trinajstić information content (AvgIpc) is 2.53. The van der Waals surface area contributed by atoms with Gasteiger partial charge in [-0.15, -0.1) is 0 Å². The summed E-state index contributed by atoms with van der Waals surface area (Å²) < 4.78 is 13.5. The largest absolute Gasteiger partial charge is 0.348 e. The zero-order chi connectivity index (χ0) is 18.4. The third-order valence-corrected chi connectivity index (χ3v) is 3.92. The number of benzene rings is 2. The van der Waals surface area contributed by atoms with E-state index in [0.29, 0.717) is 22.3 Å². The summed E-state index contributed by atoms with van der Waals surface area (Å²) in [6.45, 7) is 4.08. The van der Waals surface area contributed by atoms with Gasteiger partial charge in [-0.3, -0.25) is 4.79 Å². The minimum Gasteiger partial charge on any atom is -0.348 e. The lowest BCUT2D eigenvalue weighted by molar-refractivity contribution is 0.0950. The number of hydrogen-bond donors (Lipinski definition) is 3. The molecule has 0 radical (unpaired) electrons. The molecule has 0 fully saturated rings. The molecule has 132 valence electrons. The van der Waals surface area contributed by atoms with E-state index in [9.17, 15) is 14.0 Å². The van der Waals surface area contributed by atoms with Gasteiger partial charge in [0, 0.05) is 22.7 Å². The van der Waals surface area contributed by atoms with Crippen LogP contribution in [0.1, 0.15) is 29.8 Å². The Kier molecular flexibility index (Phi) is 6.52. The standard InChI is InChI=1S/C18H19BrFN3O2/c1-11(2)22-18(25)23-14-6-3-12(4-7-14)10-21-17(24)15-8-5-13(20)9-16(15)19/h3-9,11H,10H2,1-2H3,(H,21,24)(H2,22,23,25). The van der Waals surface area contributed by atoms with Gasteiger partial charge in [0.15, 0.2) is 0 Å². The number of urea groups is 1. The van der Waals surface area contributed by atoms with Crippen LogP contribution in [0.5, 0.6) is 0 Å². The van der Waals surface area contributed by atoms with Gasteiger partial charge in [0.1, 0.15) is 5.82 Å². The Bertz CT molecular complexity index is 763. The number of halogens is 2. The first-order valence-electron chi connectivity index (χ1n) is 7.75. The minimum atomic E-state index is -0.409. The van der Waals surface area contributed by atoms with E-state index in [1.807, 2.05) is 26.0 Å². The molecule has 2 aromatic carbocycles. The van der Waals surface area contributed by atoms with Gasteiger partial charge in [-0.2, -0.15) is 0 Å². The molecule has 2 rings (SSSR count). The quantitative estimate of drug-likeness (QED) is 0.699. The molecule has 25 heavy (non-hydrogen) atoms. The molecule has 3 N–H and O–H groups in total. The highest BCUT2D eigenvalue weighted by molar-refractivity contribution is 9.10. The van der Waals surface area contributed by atoms with Crippen molar-refractivity contribution in [1.82, 2.24) is 10.6 Å². The second-order valence-electron chi connectivity index (χ2n) is 5.76. The highest BCUT2D eigenvalue weighted by atomic mass is 79.9. The highest BCUT2D eigenvalue weighted by Gasteiger charge is 2.10. The number of rotatable bonds is 5. The molecule has 0 spiro atoms. The van der Waals surface area contributed by atoms with Crippen LogP contribution in [-0.4, -0.2) is 18.0 Å². The second-order valence-corrected chi connectivity index (χ2v) is 6.61. The third-order valence-electron chi connectivity index (χ3n) is 3.26.